The molecule has 2 atom stereocenters. The van der Waals surface area contributed by atoms with Crippen LogP contribution in [0.1, 0.15) is 50.3 Å². The first-order valence-electron chi connectivity index (χ1n) is 8.52. The van der Waals surface area contributed by atoms with Crippen LogP contribution in [0.4, 0.5) is 0 Å². The van der Waals surface area contributed by atoms with E-state index >= 15 is 0 Å². The Kier molecular flexibility index (Phi) is 7.58. The predicted octanol–water partition coefficient (Wildman–Crippen LogP) is 5.54. The van der Waals surface area contributed by atoms with E-state index in [0.29, 0.717) is 0 Å². The zero-order valence-corrected chi connectivity index (χ0v) is 14.1. The third kappa shape index (κ3) is 6.01. The van der Waals surface area contributed by atoms with Crippen molar-refractivity contribution in [1.82, 2.24) is 5.48 Å². The summed E-state index contributed by atoms with van der Waals surface area (Å²) in [7, 11) is 0. The highest BCUT2D eigenvalue weighted by Crippen LogP contribution is 2.21. The summed E-state index contributed by atoms with van der Waals surface area (Å²) in [5.41, 5.74) is 5.67. The molecule has 0 aliphatic heterocycles. The molecule has 0 aliphatic carbocycles. The minimum Gasteiger partial charge on any atom is -0.293 e. The van der Waals surface area contributed by atoms with Crippen molar-refractivity contribution in [3.63, 3.8) is 0 Å². The van der Waals surface area contributed by atoms with E-state index in [1.54, 1.807) is 0 Å². The Morgan fingerprint density at radius 2 is 1.61 bits per heavy atom. The summed E-state index contributed by atoms with van der Waals surface area (Å²) < 4.78 is 0. The Bertz CT molecular complexity index is 565. The van der Waals surface area contributed by atoms with E-state index < -0.39 is 0 Å². The van der Waals surface area contributed by atoms with E-state index in [1.807, 2.05) is 12.1 Å². The van der Waals surface area contributed by atoms with Gasteiger partial charge in [-0.05, 0) is 24.0 Å². The van der Waals surface area contributed by atoms with Gasteiger partial charge in [-0.15, -0.1) is 0 Å². The molecule has 0 aliphatic rings. The molecule has 0 radical (unpaired) electrons. The van der Waals surface area contributed by atoms with Crippen molar-refractivity contribution in [3.8, 4) is 0 Å². The molecule has 0 spiro atoms. The van der Waals surface area contributed by atoms with Gasteiger partial charge in [-0.1, -0.05) is 93.1 Å². The van der Waals surface area contributed by atoms with E-state index in [9.17, 15) is 0 Å². The molecule has 0 aromatic heterocycles. The fourth-order valence-electron chi connectivity index (χ4n) is 2.44. The molecule has 0 heterocycles. The molecular formula is C21H27NO. The summed E-state index contributed by atoms with van der Waals surface area (Å²) in [4.78, 5) is 6.01. The molecule has 2 rings (SSSR count). The molecule has 2 aromatic rings. The smallest absolute Gasteiger partial charge is 0.104 e. The molecular weight excluding hydrogens is 282 g/mol. The van der Waals surface area contributed by atoms with Crippen LogP contribution in [0, 0.1) is 0 Å². The zero-order chi connectivity index (χ0) is 16.3. The standard InChI is InChI=1S/C21H27NO/c1-3-11-21(19-14-9-6-10-15-19)23-22-20(4-2)17-16-18-12-7-5-8-13-18/h5-10,12-17,20-22H,3-4,11H2,1-2H3/b17-16+/t20-,21-/m1/s1. The normalized spacial score (nSPS) is 14.0. The zero-order valence-electron chi connectivity index (χ0n) is 14.1. The summed E-state index contributed by atoms with van der Waals surface area (Å²) in [6, 6.07) is 21.0. The quantitative estimate of drug-likeness (QED) is 0.614. The molecule has 2 aromatic carbocycles. The second-order valence-corrected chi connectivity index (χ2v) is 5.71. The van der Waals surface area contributed by atoms with Gasteiger partial charge in [0, 0.05) is 0 Å². The van der Waals surface area contributed by atoms with Crippen LogP contribution in [0.15, 0.2) is 66.7 Å². The van der Waals surface area contributed by atoms with E-state index in [1.165, 1.54) is 11.1 Å². The largest absolute Gasteiger partial charge is 0.293 e. The first-order chi connectivity index (χ1) is 11.3. The SMILES string of the molecule is CCC[C@@H](ON[C@@H](/C=C/c1ccccc1)CC)c1ccccc1. The van der Waals surface area contributed by atoms with Crippen LogP contribution in [0.25, 0.3) is 6.08 Å². The fraction of sp³-hybridized carbons (Fsp3) is 0.333. The number of hydroxylamine groups is 1. The van der Waals surface area contributed by atoms with Gasteiger partial charge in [-0.3, -0.25) is 4.84 Å². The number of rotatable bonds is 9. The minimum atomic E-state index is 0.0976. The number of hydrogen-bond acceptors (Lipinski definition) is 2. The van der Waals surface area contributed by atoms with E-state index in [4.69, 9.17) is 4.84 Å². The van der Waals surface area contributed by atoms with Crippen molar-refractivity contribution in [2.75, 3.05) is 0 Å². The predicted molar refractivity (Wildman–Crippen MR) is 97.9 cm³/mol. The van der Waals surface area contributed by atoms with E-state index in [0.717, 1.165) is 19.3 Å². The van der Waals surface area contributed by atoms with Crippen LogP contribution < -0.4 is 5.48 Å². The molecule has 0 saturated carbocycles. The first kappa shape index (κ1) is 17.5. The van der Waals surface area contributed by atoms with Crippen LogP contribution in [0.5, 0.6) is 0 Å². The van der Waals surface area contributed by atoms with E-state index in [2.05, 4.69) is 80.0 Å². The van der Waals surface area contributed by atoms with Crippen LogP contribution in [0.3, 0.4) is 0 Å². The molecule has 0 unspecified atom stereocenters. The van der Waals surface area contributed by atoms with Gasteiger partial charge in [0.05, 0.1) is 6.04 Å². The molecule has 0 fully saturated rings. The summed E-state index contributed by atoms with van der Waals surface area (Å²) in [5.74, 6) is 0. The van der Waals surface area contributed by atoms with Crippen LogP contribution in [-0.4, -0.2) is 6.04 Å². The lowest BCUT2D eigenvalue weighted by Gasteiger charge is -2.21. The fourth-order valence-corrected chi connectivity index (χ4v) is 2.44. The number of nitrogens with one attached hydrogen (secondary N) is 1. The third-order valence-corrected chi connectivity index (χ3v) is 3.84. The van der Waals surface area contributed by atoms with Gasteiger partial charge in [0.2, 0.25) is 0 Å². The highest BCUT2D eigenvalue weighted by atomic mass is 16.7. The average Bonchev–Trinajstić information content (AvgIpc) is 2.62. The van der Waals surface area contributed by atoms with Gasteiger partial charge in [0.25, 0.3) is 0 Å². The topological polar surface area (TPSA) is 21.3 Å². The van der Waals surface area contributed by atoms with E-state index in [-0.39, 0.29) is 12.1 Å². The molecule has 122 valence electrons. The monoisotopic (exact) mass is 309 g/mol. The van der Waals surface area contributed by atoms with Gasteiger partial charge < -0.3 is 0 Å². The lowest BCUT2D eigenvalue weighted by molar-refractivity contribution is -0.0428. The molecule has 1 N–H and O–H groups in total. The van der Waals surface area contributed by atoms with Crippen LogP contribution >= 0.6 is 0 Å². The molecule has 2 nitrogen and oxygen atoms in total. The van der Waals surface area contributed by atoms with Crippen LogP contribution in [-0.2, 0) is 4.84 Å². The van der Waals surface area contributed by atoms with Gasteiger partial charge in [0.15, 0.2) is 0 Å². The van der Waals surface area contributed by atoms with Crippen molar-refractivity contribution in [2.45, 2.75) is 45.3 Å². The van der Waals surface area contributed by atoms with Crippen molar-refractivity contribution in [1.29, 1.82) is 0 Å². The summed E-state index contributed by atoms with van der Waals surface area (Å²) in [6.07, 6.45) is 7.50. The van der Waals surface area contributed by atoms with Crippen molar-refractivity contribution in [2.24, 2.45) is 0 Å². The summed E-state index contributed by atoms with van der Waals surface area (Å²) in [5, 5.41) is 0. The first-order valence-corrected chi connectivity index (χ1v) is 8.52. The highest BCUT2D eigenvalue weighted by Gasteiger charge is 2.12. The Hall–Kier alpha value is -1.90. The molecule has 2 heteroatoms. The Morgan fingerprint density at radius 3 is 2.22 bits per heavy atom. The maximum Gasteiger partial charge on any atom is 0.104 e. The number of hydrogen-bond donors (Lipinski definition) is 1. The molecule has 0 amide bonds. The van der Waals surface area contributed by atoms with Crippen molar-refractivity contribution < 1.29 is 4.84 Å². The second kappa shape index (κ2) is 9.98. The molecule has 23 heavy (non-hydrogen) atoms. The summed E-state index contributed by atoms with van der Waals surface area (Å²) >= 11 is 0. The Balaban J connectivity index is 1.93. The lowest BCUT2D eigenvalue weighted by Crippen LogP contribution is -2.28. The lowest BCUT2D eigenvalue weighted by atomic mass is 10.1. The molecule has 0 saturated heterocycles. The second-order valence-electron chi connectivity index (χ2n) is 5.71. The average molecular weight is 309 g/mol. The van der Waals surface area contributed by atoms with Crippen LogP contribution in [0.2, 0.25) is 0 Å². The maximum atomic E-state index is 6.01. The third-order valence-electron chi connectivity index (χ3n) is 3.84. The van der Waals surface area contributed by atoms with Gasteiger partial charge in [-0.25, -0.2) is 0 Å². The Morgan fingerprint density at radius 1 is 0.957 bits per heavy atom. The highest BCUT2D eigenvalue weighted by molar-refractivity contribution is 5.49. The Labute approximate surface area is 140 Å². The number of benzene rings is 2. The maximum absolute atomic E-state index is 6.01. The van der Waals surface area contributed by atoms with Crippen molar-refractivity contribution in [3.05, 3.63) is 77.9 Å². The van der Waals surface area contributed by atoms with Crippen molar-refractivity contribution >= 4 is 6.08 Å². The van der Waals surface area contributed by atoms with Gasteiger partial charge in [0.1, 0.15) is 6.10 Å². The van der Waals surface area contributed by atoms with Gasteiger partial charge in [-0.2, -0.15) is 5.48 Å². The summed E-state index contributed by atoms with van der Waals surface area (Å²) in [6.45, 7) is 4.35. The van der Waals surface area contributed by atoms with Gasteiger partial charge >= 0.3 is 0 Å². The minimum absolute atomic E-state index is 0.0976. The molecule has 0 bridgehead atoms.